The van der Waals surface area contributed by atoms with Gasteiger partial charge in [-0.1, -0.05) is 6.07 Å². The molecular formula is C10H14BrNO2. The average molecular weight is 260 g/mol. The quantitative estimate of drug-likeness (QED) is 0.843. The van der Waals surface area contributed by atoms with Gasteiger partial charge >= 0.3 is 0 Å². The maximum absolute atomic E-state index is 5.23. The molecule has 0 saturated heterocycles. The highest BCUT2D eigenvalue weighted by Crippen LogP contribution is 2.29. The van der Waals surface area contributed by atoms with E-state index in [0.29, 0.717) is 6.54 Å². The van der Waals surface area contributed by atoms with Gasteiger partial charge in [0.15, 0.2) is 0 Å². The number of halogens is 1. The van der Waals surface area contributed by atoms with E-state index in [4.69, 9.17) is 9.57 Å². The van der Waals surface area contributed by atoms with Crippen LogP contribution in [0, 0.1) is 6.92 Å². The first kappa shape index (κ1) is 11.5. The van der Waals surface area contributed by atoms with E-state index in [1.807, 2.05) is 13.0 Å². The van der Waals surface area contributed by atoms with E-state index >= 15 is 0 Å². The van der Waals surface area contributed by atoms with Crippen molar-refractivity contribution in [1.82, 2.24) is 5.48 Å². The number of hydrogen-bond acceptors (Lipinski definition) is 3. The second-order valence-electron chi connectivity index (χ2n) is 2.97. The maximum atomic E-state index is 5.23. The topological polar surface area (TPSA) is 30.5 Å². The van der Waals surface area contributed by atoms with Gasteiger partial charge in [-0.25, -0.2) is 0 Å². The van der Waals surface area contributed by atoms with Crippen LogP contribution in [0.25, 0.3) is 0 Å². The second-order valence-corrected chi connectivity index (χ2v) is 3.76. The number of hydroxylamine groups is 1. The predicted octanol–water partition coefficient (Wildman–Crippen LogP) is 2.42. The van der Waals surface area contributed by atoms with Crippen molar-refractivity contribution in [2.75, 3.05) is 14.2 Å². The monoisotopic (exact) mass is 259 g/mol. The summed E-state index contributed by atoms with van der Waals surface area (Å²) in [6.07, 6.45) is 0. The summed E-state index contributed by atoms with van der Waals surface area (Å²) in [6, 6.07) is 4.07. The molecule has 0 aromatic heterocycles. The third-order valence-electron chi connectivity index (χ3n) is 1.89. The molecule has 0 saturated carbocycles. The highest BCUT2D eigenvalue weighted by atomic mass is 79.9. The number of ether oxygens (including phenoxy) is 1. The summed E-state index contributed by atoms with van der Waals surface area (Å²) < 4.78 is 6.20. The summed E-state index contributed by atoms with van der Waals surface area (Å²) in [5, 5.41) is 0. The van der Waals surface area contributed by atoms with Crippen LogP contribution in [0.4, 0.5) is 0 Å². The van der Waals surface area contributed by atoms with E-state index in [0.717, 1.165) is 21.3 Å². The fraction of sp³-hybridized carbons (Fsp3) is 0.400. The van der Waals surface area contributed by atoms with Crippen LogP contribution in [0.15, 0.2) is 16.6 Å². The van der Waals surface area contributed by atoms with Gasteiger partial charge in [-0.05, 0) is 40.0 Å². The van der Waals surface area contributed by atoms with E-state index in [-0.39, 0.29) is 0 Å². The molecule has 0 aliphatic rings. The molecule has 14 heavy (non-hydrogen) atoms. The summed E-state index contributed by atoms with van der Waals surface area (Å²) in [7, 11) is 3.26. The summed E-state index contributed by atoms with van der Waals surface area (Å²) in [5.41, 5.74) is 5.08. The van der Waals surface area contributed by atoms with Gasteiger partial charge in [-0.2, -0.15) is 5.48 Å². The highest BCUT2D eigenvalue weighted by molar-refractivity contribution is 9.10. The molecular weight excluding hydrogens is 246 g/mol. The summed E-state index contributed by atoms with van der Waals surface area (Å²) in [5.74, 6) is 0.845. The highest BCUT2D eigenvalue weighted by Gasteiger charge is 2.07. The molecule has 0 unspecified atom stereocenters. The van der Waals surface area contributed by atoms with Gasteiger partial charge in [0.1, 0.15) is 5.75 Å². The minimum absolute atomic E-state index is 0.648. The lowest BCUT2D eigenvalue weighted by atomic mass is 10.1. The molecule has 1 N–H and O–H groups in total. The lowest BCUT2D eigenvalue weighted by Crippen LogP contribution is -2.11. The Morgan fingerprint density at radius 2 is 2.07 bits per heavy atom. The van der Waals surface area contributed by atoms with Crippen LogP contribution in [-0.4, -0.2) is 14.2 Å². The van der Waals surface area contributed by atoms with Gasteiger partial charge < -0.3 is 9.57 Å². The van der Waals surface area contributed by atoms with Crippen LogP contribution < -0.4 is 10.2 Å². The van der Waals surface area contributed by atoms with E-state index < -0.39 is 0 Å². The Labute approximate surface area is 92.5 Å². The van der Waals surface area contributed by atoms with Crippen LogP contribution in [0.2, 0.25) is 0 Å². The van der Waals surface area contributed by atoms with Crippen molar-refractivity contribution < 1.29 is 9.57 Å². The number of aryl methyl sites for hydroxylation is 1. The number of benzene rings is 1. The smallest absolute Gasteiger partial charge is 0.133 e. The van der Waals surface area contributed by atoms with Crippen LogP contribution >= 0.6 is 15.9 Å². The van der Waals surface area contributed by atoms with Crippen molar-refractivity contribution in [2.45, 2.75) is 13.5 Å². The Morgan fingerprint density at radius 1 is 1.36 bits per heavy atom. The maximum Gasteiger partial charge on any atom is 0.133 e. The summed E-state index contributed by atoms with van der Waals surface area (Å²) in [4.78, 5) is 4.80. The molecule has 3 nitrogen and oxygen atoms in total. The Kier molecular flexibility index (Phi) is 4.38. The Morgan fingerprint density at radius 3 is 2.64 bits per heavy atom. The van der Waals surface area contributed by atoms with Crippen molar-refractivity contribution in [3.8, 4) is 5.75 Å². The second kappa shape index (κ2) is 5.34. The van der Waals surface area contributed by atoms with Crippen molar-refractivity contribution >= 4 is 15.9 Å². The molecule has 1 rings (SSSR count). The van der Waals surface area contributed by atoms with Crippen LogP contribution in [0.3, 0.4) is 0 Å². The third-order valence-corrected chi connectivity index (χ3v) is 2.79. The van der Waals surface area contributed by atoms with Gasteiger partial charge in [0.05, 0.1) is 18.7 Å². The van der Waals surface area contributed by atoms with Gasteiger partial charge in [0.2, 0.25) is 0 Å². The van der Waals surface area contributed by atoms with Crippen molar-refractivity contribution in [1.29, 1.82) is 0 Å². The molecule has 0 radical (unpaired) electrons. The van der Waals surface area contributed by atoms with Crippen LogP contribution in [0.1, 0.15) is 11.1 Å². The Bertz CT molecular complexity index is 315. The minimum atomic E-state index is 0.648. The van der Waals surface area contributed by atoms with Gasteiger partial charge in [0, 0.05) is 6.54 Å². The number of hydrogen-bond donors (Lipinski definition) is 1. The van der Waals surface area contributed by atoms with Crippen LogP contribution in [-0.2, 0) is 11.4 Å². The number of methoxy groups -OCH3 is 1. The fourth-order valence-corrected chi connectivity index (χ4v) is 1.77. The molecule has 0 atom stereocenters. The molecule has 0 bridgehead atoms. The molecule has 78 valence electrons. The SMILES string of the molecule is CONCc1cc(C)cc(OC)c1Br. The van der Waals surface area contributed by atoms with Gasteiger partial charge in [-0.15, -0.1) is 0 Å². The summed E-state index contributed by atoms with van der Waals surface area (Å²) >= 11 is 3.49. The Hall–Kier alpha value is -0.580. The summed E-state index contributed by atoms with van der Waals surface area (Å²) in [6.45, 7) is 2.68. The third kappa shape index (κ3) is 2.70. The first-order valence-electron chi connectivity index (χ1n) is 4.28. The first-order valence-corrected chi connectivity index (χ1v) is 5.07. The van der Waals surface area contributed by atoms with E-state index in [9.17, 15) is 0 Å². The molecule has 0 heterocycles. The lowest BCUT2D eigenvalue weighted by molar-refractivity contribution is 0.0865. The zero-order valence-corrected chi connectivity index (χ0v) is 10.1. The predicted molar refractivity (Wildman–Crippen MR) is 59.3 cm³/mol. The van der Waals surface area contributed by atoms with E-state index in [2.05, 4.69) is 27.5 Å². The van der Waals surface area contributed by atoms with Gasteiger partial charge in [-0.3, -0.25) is 0 Å². The van der Waals surface area contributed by atoms with Crippen molar-refractivity contribution in [2.24, 2.45) is 0 Å². The standard InChI is InChI=1S/C10H14BrNO2/c1-7-4-8(6-12-14-3)10(11)9(5-7)13-2/h4-5,12H,6H2,1-3H3. The average Bonchev–Trinajstić information content (AvgIpc) is 2.18. The van der Waals surface area contributed by atoms with E-state index in [1.165, 1.54) is 0 Å². The van der Waals surface area contributed by atoms with Crippen molar-refractivity contribution in [3.05, 3.63) is 27.7 Å². The van der Waals surface area contributed by atoms with Crippen LogP contribution in [0.5, 0.6) is 5.75 Å². The molecule has 0 fully saturated rings. The zero-order valence-electron chi connectivity index (χ0n) is 8.56. The Balaban J connectivity index is 2.96. The largest absolute Gasteiger partial charge is 0.496 e. The first-order chi connectivity index (χ1) is 6.69. The minimum Gasteiger partial charge on any atom is -0.496 e. The van der Waals surface area contributed by atoms with Gasteiger partial charge in [0.25, 0.3) is 0 Å². The molecule has 0 spiro atoms. The lowest BCUT2D eigenvalue weighted by Gasteiger charge is -2.10. The fourth-order valence-electron chi connectivity index (χ4n) is 1.24. The number of rotatable bonds is 4. The molecule has 0 aliphatic heterocycles. The number of nitrogens with one attached hydrogen (secondary N) is 1. The normalized spacial score (nSPS) is 10.3. The van der Waals surface area contributed by atoms with E-state index in [1.54, 1.807) is 14.2 Å². The molecule has 0 amide bonds. The molecule has 1 aromatic carbocycles. The molecule has 0 aliphatic carbocycles. The van der Waals surface area contributed by atoms with Crippen molar-refractivity contribution in [3.63, 3.8) is 0 Å². The zero-order chi connectivity index (χ0) is 10.6. The molecule has 1 aromatic rings. The molecule has 4 heteroatoms.